The maximum Gasteiger partial charge on any atom is 0.0645 e. The monoisotopic (exact) mass is 204 g/mol. The molecule has 0 amide bonds. The molecule has 15 heavy (non-hydrogen) atoms. The van der Waals surface area contributed by atoms with Gasteiger partial charge in [0.2, 0.25) is 0 Å². The Labute approximate surface area is 92.1 Å². The Hall–Kier alpha value is -0.820. The molecule has 0 atom stereocenters. The molecule has 1 nitrogen and oxygen atoms in total. The van der Waals surface area contributed by atoms with E-state index in [1.807, 2.05) is 0 Å². The van der Waals surface area contributed by atoms with Crippen molar-refractivity contribution in [1.82, 2.24) is 0 Å². The summed E-state index contributed by atoms with van der Waals surface area (Å²) in [4.78, 5) is 0. The molecule has 1 fully saturated rings. The molecule has 0 aromatic heterocycles. The number of hydrogen-bond donors (Lipinski definition) is 1. The Bertz CT molecular complexity index is 296. The lowest BCUT2D eigenvalue weighted by Crippen LogP contribution is -2.32. The van der Waals surface area contributed by atoms with E-state index in [0.29, 0.717) is 5.92 Å². The van der Waals surface area contributed by atoms with Crippen molar-refractivity contribution in [2.45, 2.75) is 50.5 Å². The highest BCUT2D eigenvalue weighted by Gasteiger charge is 2.31. The summed E-state index contributed by atoms with van der Waals surface area (Å²) >= 11 is 0. The van der Waals surface area contributed by atoms with Crippen LogP contribution in [0.25, 0.3) is 0 Å². The third kappa shape index (κ3) is 2.40. The smallest absolute Gasteiger partial charge is 0.0645 e. The van der Waals surface area contributed by atoms with Gasteiger partial charge >= 0.3 is 0 Å². The molecule has 2 rings (SSSR count). The van der Waals surface area contributed by atoms with Crippen LogP contribution >= 0.6 is 0 Å². The molecule has 1 aliphatic rings. The first-order valence-electron chi connectivity index (χ1n) is 6.01. The van der Waals surface area contributed by atoms with Crippen molar-refractivity contribution in [2.75, 3.05) is 0 Å². The average Bonchev–Trinajstić information content (AvgIpc) is 2.31. The molecule has 0 bridgehead atoms. The second kappa shape index (κ2) is 4.36. The molecule has 82 valence electrons. The zero-order chi connectivity index (χ0) is 10.7. The number of hydrogen-bond acceptors (Lipinski definition) is 1. The van der Waals surface area contributed by atoms with Crippen LogP contribution < -0.4 is 0 Å². The summed E-state index contributed by atoms with van der Waals surface area (Å²) < 4.78 is 0. The van der Waals surface area contributed by atoms with Gasteiger partial charge in [-0.1, -0.05) is 37.3 Å². The van der Waals surface area contributed by atoms with Gasteiger partial charge < -0.3 is 5.11 Å². The van der Waals surface area contributed by atoms with Gasteiger partial charge in [-0.15, -0.1) is 0 Å². The van der Waals surface area contributed by atoms with Crippen LogP contribution in [-0.2, 0) is 0 Å². The molecule has 1 aliphatic carbocycles. The fraction of sp³-hybridized carbons (Fsp3) is 0.571. The van der Waals surface area contributed by atoms with Crippen LogP contribution in [0.15, 0.2) is 30.3 Å². The summed E-state index contributed by atoms with van der Waals surface area (Å²) in [6, 6.07) is 10.7. The topological polar surface area (TPSA) is 20.2 Å². The molecule has 1 N–H and O–H groups in total. The molecule has 0 heterocycles. The Morgan fingerprint density at radius 3 is 2.33 bits per heavy atom. The van der Waals surface area contributed by atoms with Gasteiger partial charge in [-0.25, -0.2) is 0 Å². The highest BCUT2D eigenvalue weighted by molar-refractivity contribution is 5.20. The van der Waals surface area contributed by atoms with Crippen LogP contribution in [0.5, 0.6) is 0 Å². The SMILES string of the molecule is CCC1(O)CCC(c2ccccc2)CC1. The highest BCUT2D eigenvalue weighted by atomic mass is 16.3. The minimum Gasteiger partial charge on any atom is -0.390 e. The number of rotatable bonds is 2. The lowest BCUT2D eigenvalue weighted by atomic mass is 9.75. The van der Waals surface area contributed by atoms with Gasteiger partial charge in [-0.3, -0.25) is 0 Å². The van der Waals surface area contributed by atoms with Gasteiger partial charge in [-0.2, -0.15) is 0 Å². The molecule has 0 unspecified atom stereocenters. The Kier molecular flexibility index (Phi) is 3.11. The zero-order valence-corrected chi connectivity index (χ0v) is 9.45. The minimum absolute atomic E-state index is 0.370. The second-order valence-electron chi connectivity index (χ2n) is 4.76. The van der Waals surface area contributed by atoms with Gasteiger partial charge in [0.25, 0.3) is 0 Å². The number of benzene rings is 1. The first-order valence-corrected chi connectivity index (χ1v) is 6.01. The van der Waals surface area contributed by atoms with Crippen molar-refractivity contribution < 1.29 is 5.11 Å². The maximum absolute atomic E-state index is 10.1. The maximum atomic E-state index is 10.1. The molecular formula is C14H20O. The van der Waals surface area contributed by atoms with E-state index in [4.69, 9.17) is 0 Å². The molecule has 0 aliphatic heterocycles. The molecular weight excluding hydrogens is 184 g/mol. The fourth-order valence-corrected chi connectivity index (χ4v) is 2.57. The minimum atomic E-state index is -0.370. The van der Waals surface area contributed by atoms with Gasteiger partial charge in [0.15, 0.2) is 0 Å². The van der Waals surface area contributed by atoms with E-state index in [1.54, 1.807) is 0 Å². The lowest BCUT2D eigenvalue weighted by Gasteiger charge is -2.35. The van der Waals surface area contributed by atoms with E-state index in [2.05, 4.69) is 37.3 Å². The number of aliphatic hydroxyl groups is 1. The van der Waals surface area contributed by atoms with Gasteiger partial charge in [-0.05, 0) is 43.6 Å². The third-order valence-electron chi connectivity index (χ3n) is 3.85. The van der Waals surface area contributed by atoms with Gasteiger partial charge in [0.1, 0.15) is 0 Å². The molecule has 1 aromatic carbocycles. The summed E-state index contributed by atoms with van der Waals surface area (Å²) in [5.74, 6) is 0.665. The van der Waals surface area contributed by atoms with Crippen LogP contribution in [0.4, 0.5) is 0 Å². The van der Waals surface area contributed by atoms with E-state index < -0.39 is 0 Å². The van der Waals surface area contributed by atoms with Crippen LogP contribution in [-0.4, -0.2) is 10.7 Å². The molecule has 0 spiro atoms. The normalized spacial score (nSPS) is 31.5. The quantitative estimate of drug-likeness (QED) is 0.782. The van der Waals surface area contributed by atoms with Gasteiger partial charge in [0, 0.05) is 0 Å². The zero-order valence-electron chi connectivity index (χ0n) is 9.45. The van der Waals surface area contributed by atoms with E-state index in [0.717, 1.165) is 32.1 Å². The first-order chi connectivity index (χ1) is 7.23. The lowest BCUT2D eigenvalue weighted by molar-refractivity contribution is -0.00418. The van der Waals surface area contributed by atoms with Crippen molar-refractivity contribution in [3.05, 3.63) is 35.9 Å². The second-order valence-corrected chi connectivity index (χ2v) is 4.76. The third-order valence-corrected chi connectivity index (χ3v) is 3.85. The Morgan fingerprint density at radius 1 is 1.20 bits per heavy atom. The van der Waals surface area contributed by atoms with Crippen LogP contribution in [0.1, 0.15) is 50.5 Å². The van der Waals surface area contributed by atoms with Crippen molar-refractivity contribution >= 4 is 0 Å². The van der Waals surface area contributed by atoms with Crippen molar-refractivity contribution in [1.29, 1.82) is 0 Å². The largest absolute Gasteiger partial charge is 0.390 e. The molecule has 1 heteroatoms. The van der Waals surface area contributed by atoms with Crippen LogP contribution in [0.3, 0.4) is 0 Å². The molecule has 0 saturated heterocycles. The average molecular weight is 204 g/mol. The molecule has 1 saturated carbocycles. The predicted octanol–water partition coefficient (Wildman–Crippen LogP) is 3.49. The first kappa shape index (κ1) is 10.7. The predicted molar refractivity (Wildman–Crippen MR) is 62.9 cm³/mol. The molecule has 0 radical (unpaired) electrons. The highest BCUT2D eigenvalue weighted by Crippen LogP contribution is 2.39. The summed E-state index contributed by atoms with van der Waals surface area (Å²) in [7, 11) is 0. The summed E-state index contributed by atoms with van der Waals surface area (Å²) in [6.45, 7) is 2.09. The summed E-state index contributed by atoms with van der Waals surface area (Å²) in [6.07, 6.45) is 5.09. The van der Waals surface area contributed by atoms with Crippen molar-refractivity contribution in [2.24, 2.45) is 0 Å². The Balaban J connectivity index is 2.00. The van der Waals surface area contributed by atoms with Crippen LogP contribution in [0, 0.1) is 0 Å². The van der Waals surface area contributed by atoms with E-state index in [1.165, 1.54) is 5.56 Å². The van der Waals surface area contributed by atoms with E-state index in [-0.39, 0.29) is 5.60 Å². The van der Waals surface area contributed by atoms with Gasteiger partial charge in [0.05, 0.1) is 5.60 Å². The van der Waals surface area contributed by atoms with Crippen molar-refractivity contribution in [3.63, 3.8) is 0 Å². The summed E-state index contributed by atoms with van der Waals surface area (Å²) in [5.41, 5.74) is 1.07. The fourth-order valence-electron chi connectivity index (χ4n) is 2.57. The van der Waals surface area contributed by atoms with Crippen LogP contribution in [0.2, 0.25) is 0 Å². The Morgan fingerprint density at radius 2 is 1.80 bits per heavy atom. The van der Waals surface area contributed by atoms with E-state index in [9.17, 15) is 5.11 Å². The van der Waals surface area contributed by atoms with Crippen molar-refractivity contribution in [3.8, 4) is 0 Å². The van der Waals surface area contributed by atoms with E-state index >= 15 is 0 Å². The summed E-state index contributed by atoms with van der Waals surface area (Å²) in [5, 5.41) is 10.1. The standard InChI is InChI=1S/C14H20O/c1-2-14(15)10-8-13(9-11-14)12-6-4-3-5-7-12/h3-7,13,15H,2,8-11H2,1H3. The molecule has 1 aromatic rings.